The lowest BCUT2D eigenvalue weighted by Gasteiger charge is -2.27. The lowest BCUT2D eigenvalue weighted by Crippen LogP contribution is -2.40. The van der Waals surface area contributed by atoms with Gasteiger partial charge in [0.25, 0.3) is 5.56 Å². The Morgan fingerprint density at radius 2 is 1.93 bits per heavy atom. The Bertz CT molecular complexity index is 1200. The summed E-state index contributed by atoms with van der Waals surface area (Å²) in [5.41, 5.74) is 3.15. The molecule has 0 fully saturated rings. The summed E-state index contributed by atoms with van der Waals surface area (Å²) in [7, 11) is 1.66. The smallest absolute Gasteiger partial charge is 0.261 e. The first kappa shape index (κ1) is 22.0. The van der Waals surface area contributed by atoms with Gasteiger partial charge < -0.3 is 4.55 Å². The summed E-state index contributed by atoms with van der Waals surface area (Å²) in [4.78, 5) is 18.0. The fourth-order valence-electron chi connectivity index (χ4n) is 3.30. The van der Waals surface area contributed by atoms with Gasteiger partial charge in [-0.2, -0.15) is 5.26 Å². The van der Waals surface area contributed by atoms with Crippen LogP contribution in [0.2, 0.25) is 0 Å². The van der Waals surface area contributed by atoms with E-state index in [9.17, 15) is 14.6 Å². The molecule has 0 bridgehead atoms. The van der Waals surface area contributed by atoms with E-state index in [4.69, 9.17) is 4.98 Å². The van der Waals surface area contributed by atoms with Crippen LogP contribution in [0, 0.1) is 18.3 Å². The molecule has 2 atom stereocenters. The van der Waals surface area contributed by atoms with Gasteiger partial charge in [-0.25, -0.2) is 4.98 Å². The fraction of sp³-hybridized carbons (Fsp3) is 0.348. The highest BCUT2D eigenvalue weighted by molar-refractivity contribution is 7.90. The van der Waals surface area contributed by atoms with Crippen molar-refractivity contribution in [3.63, 3.8) is 0 Å². The summed E-state index contributed by atoms with van der Waals surface area (Å²) in [6.07, 6.45) is 0. The zero-order valence-electron chi connectivity index (χ0n) is 18.1. The maximum atomic E-state index is 13.2. The summed E-state index contributed by atoms with van der Waals surface area (Å²) < 4.78 is 16.8. The fourth-order valence-corrected chi connectivity index (χ4v) is 4.10. The predicted molar refractivity (Wildman–Crippen MR) is 121 cm³/mol. The number of aryl methyl sites for hydroxylation is 1. The second-order valence-corrected chi connectivity index (χ2v) is 10.4. The van der Waals surface area contributed by atoms with Gasteiger partial charge in [0, 0.05) is 29.5 Å². The number of fused-ring (bicyclic) bond motifs is 1. The molecule has 2 aromatic carbocycles. The number of nitriles is 1. The highest BCUT2D eigenvalue weighted by Gasteiger charge is 2.29. The highest BCUT2D eigenvalue weighted by atomic mass is 32.2. The molecular formula is C23H26N4O2S. The van der Waals surface area contributed by atoms with E-state index in [-0.39, 0.29) is 11.6 Å². The van der Waals surface area contributed by atoms with E-state index < -0.39 is 16.1 Å². The van der Waals surface area contributed by atoms with Crippen molar-refractivity contribution in [2.45, 2.75) is 45.4 Å². The Morgan fingerprint density at radius 3 is 2.57 bits per heavy atom. The van der Waals surface area contributed by atoms with Crippen molar-refractivity contribution in [2.75, 3.05) is 0 Å². The third kappa shape index (κ3) is 4.12. The van der Waals surface area contributed by atoms with Crippen LogP contribution in [0.1, 0.15) is 50.4 Å². The lowest BCUT2D eigenvalue weighted by molar-refractivity contribution is 0.531. The van der Waals surface area contributed by atoms with Gasteiger partial charge in [0.05, 0.1) is 28.6 Å². The molecule has 0 amide bonds. The van der Waals surface area contributed by atoms with Crippen LogP contribution >= 0.6 is 0 Å². The van der Waals surface area contributed by atoms with Gasteiger partial charge in [-0.1, -0.05) is 18.2 Å². The first-order valence-corrected chi connectivity index (χ1v) is 10.9. The van der Waals surface area contributed by atoms with Crippen LogP contribution in [0.15, 0.2) is 41.2 Å². The monoisotopic (exact) mass is 422 g/mol. The lowest BCUT2D eigenvalue weighted by atomic mass is 10.0. The van der Waals surface area contributed by atoms with Gasteiger partial charge in [0.1, 0.15) is 10.6 Å². The third-order valence-corrected chi connectivity index (χ3v) is 6.63. The number of hydrogen-bond donors (Lipinski definition) is 1. The van der Waals surface area contributed by atoms with Crippen LogP contribution in [0.4, 0.5) is 0 Å². The maximum Gasteiger partial charge on any atom is 0.261 e. The summed E-state index contributed by atoms with van der Waals surface area (Å²) in [5.74, 6) is 0.430. The van der Waals surface area contributed by atoms with Gasteiger partial charge in [0.2, 0.25) is 0 Å². The topological polar surface area (TPSA) is 93.8 Å². The standard InChI is InChI=1S/C23H26N4O2S/c1-14-11-18(15(2)26-30(29)23(3,4)5)20-19(12-14)22(28)27(6)21(25-20)17-10-8-7-9-16(17)13-24/h7-12,15,26H,1-6H3/t15-,30?/m1/s1. The second kappa shape index (κ2) is 8.23. The zero-order chi connectivity index (χ0) is 22.2. The number of aromatic nitrogens is 2. The van der Waals surface area contributed by atoms with Crippen molar-refractivity contribution in [1.82, 2.24) is 14.3 Å². The zero-order valence-corrected chi connectivity index (χ0v) is 18.9. The molecule has 0 radical (unpaired) electrons. The largest absolute Gasteiger partial charge is 0.598 e. The third-order valence-electron chi connectivity index (χ3n) is 4.95. The van der Waals surface area contributed by atoms with Gasteiger partial charge in [-0.15, -0.1) is 4.72 Å². The Balaban J connectivity index is 2.26. The van der Waals surface area contributed by atoms with Crippen molar-refractivity contribution < 1.29 is 4.55 Å². The normalized spacial score (nSPS) is 13.8. The highest BCUT2D eigenvalue weighted by Crippen LogP contribution is 2.28. The molecule has 3 rings (SSSR count). The molecule has 30 heavy (non-hydrogen) atoms. The molecule has 0 saturated carbocycles. The molecule has 1 unspecified atom stereocenters. The van der Waals surface area contributed by atoms with E-state index >= 15 is 0 Å². The minimum Gasteiger partial charge on any atom is -0.598 e. The predicted octanol–water partition coefficient (Wildman–Crippen LogP) is 3.89. The Kier molecular flexibility index (Phi) is 6.04. The first-order chi connectivity index (χ1) is 14.0. The van der Waals surface area contributed by atoms with Crippen molar-refractivity contribution in [3.8, 4) is 17.5 Å². The number of nitrogens with zero attached hydrogens (tertiary/aromatic N) is 3. The summed E-state index contributed by atoms with van der Waals surface area (Å²) in [5, 5.41) is 10.00. The molecule has 0 aliphatic rings. The van der Waals surface area contributed by atoms with Crippen LogP contribution < -0.4 is 10.3 Å². The van der Waals surface area contributed by atoms with Crippen LogP contribution in [-0.2, 0) is 18.4 Å². The van der Waals surface area contributed by atoms with E-state index in [1.54, 1.807) is 25.2 Å². The average Bonchev–Trinajstić information content (AvgIpc) is 2.69. The van der Waals surface area contributed by atoms with Gasteiger partial charge >= 0.3 is 0 Å². The van der Waals surface area contributed by atoms with Crippen LogP contribution in [0.25, 0.3) is 22.3 Å². The van der Waals surface area contributed by atoms with Crippen molar-refractivity contribution in [2.24, 2.45) is 7.05 Å². The number of benzene rings is 2. The Labute approximate surface area is 179 Å². The molecule has 0 spiro atoms. The summed E-state index contributed by atoms with van der Waals surface area (Å²) in [6.45, 7) is 9.56. The maximum absolute atomic E-state index is 13.2. The molecule has 156 valence electrons. The first-order valence-electron chi connectivity index (χ1n) is 9.73. The van der Waals surface area contributed by atoms with E-state index in [1.807, 2.05) is 52.8 Å². The molecule has 1 aromatic heterocycles. The molecule has 0 aliphatic heterocycles. The van der Waals surface area contributed by atoms with Crippen molar-refractivity contribution >= 4 is 22.3 Å². The average molecular weight is 423 g/mol. The second-order valence-electron chi connectivity index (χ2n) is 8.43. The van der Waals surface area contributed by atoms with Gasteiger partial charge in [0.15, 0.2) is 0 Å². The van der Waals surface area contributed by atoms with Gasteiger partial charge in [-0.05, 0) is 58.4 Å². The van der Waals surface area contributed by atoms with Crippen molar-refractivity contribution in [3.05, 3.63) is 63.4 Å². The molecule has 1 heterocycles. The number of hydrogen-bond acceptors (Lipinski definition) is 5. The van der Waals surface area contributed by atoms with Crippen molar-refractivity contribution in [1.29, 1.82) is 5.26 Å². The Morgan fingerprint density at radius 1 is 1.27 bits per heavy atom. The summed E-state index contributed by atoms with van der Waals surface area (Å²) >= 11 is -1.28. The molecule has 3 aromatic rings. The molecule has 1 N–H and O–H groups in total. The van der Waals surface area contributed by atoms with Crippen LogP contribution in [0.5, 0.6) is 0 Å². The minimum absolute atomic E-state index is 0.183. The van der Waals surface area contributed by atoms with Gasteiger partial charge in [-0.3, -0.25) is 9.36 Å². The Hall–Kier alpha value is -2.66. The van der Waals surface area contributed by atoms with Crippen LogP contribution in [-0.4, -0.2) is 18.9 Å². The SMILES string of the molecule is Cc1cc([C@@H](C)N[S+]([O-])C(C)(C)C)c2nc(-c3ccccc3C#N)n(C)c(=O)c2c1. The molecular weight excluding hydrogens is 396 g/mol. The van der Waals surface area contributed by atoms with E-state index in [1.165, 1.54) is 4.57 Å². The molecule has 6 nitrogen and oxygen atoms in total. The number of rotatable bonds is 4. The quantitative estimate of drug-likeness (QED) is 0.644. The van der Waals surface area contributed by atoms with Crippen LogP contribution in [0.3, 0.4) is 0 Å². The van der Waals surface area contributed by atoms with E-state index in [0.29, 0.717) is 27.9 Å². The minimum atomic E-state index is -1.28. The molecule has 0 saturated heterocycles. The molecule has 7 heteroatoms. The summed E-state index contributed by atoms with van der Waals surface area (Å²) in [6, 6.07) is 12.8. The van der Waals surface area contributed by atoms with E-state index in [2.05, 4.69) is 10.8 Å². The van der Waals surface area contributed by atoms with E-state index in [0.717, 1.165) is 11.1 Å². The number of nitrogens with one attached hydrogen (secondary N) is 1. The molecule has 0 aliphatic carbocycles.